The molecule has 1 saturated heterocycles. The summed E-state index contributed by atoms with van der Waals surface area (Å²) in [6, 6.07) is 11.1. The van der Waals surface area contributed by atoms with E-state index in [9.17, 15) is 14.7 Å². The van der Waals surface area contributed by atoms with Gasteiger partial charge in [-0.3, -0.25) is 9.59 Å². The number of hydrogen-bond acceptors (Lipinski definition) is 5. The van der Waals surface area contributed by atoms with Crippen LogP contribution in [0.3, 0.4) is 0 Å². The lowest BCUT2D eigenvalue weighted by Gasteiger charge is -2.42. The fraction of sp³-hybridized carbons (Fsp3) is 0.444. The van der Waals surface area contributed by atoms with E-state index in [0.29, 0.717) is 38.3 Å². The smallest absolute Gasteiger partial charge is 0.280 e. The minimum Gasteiger partial charge on any atom is -0.393 e. The van der Waals surface area contributed by atoms with E-state index in [0.717, 1.165) is 5.56 Å². The number of amides is 1. The Bertz CT molecular complexity index is 754. The Morgan fingerprint density at radius 1 is 1.32 bits per heavy atom. The Kier molecular flexibility index (Phi) is 5.35. The van der Waals surface area contributed by atoms with E-state index >= 15 is 0 Å². The number of nitrogens with zero attached hydrogens (tertiary/aromatic N) is 1. The number of benzene rings is 1. The predicted molar refractivity (Wildman–Crippen MR) is 90.1 cm³/mol. The van der Waals surface area contributed by atoms with Crippen molar-refractivity contribution in [2.45, 2.75) is 24.9 Å². The summed E-state index contributed by atoms with van der Waals surface area (Å²) in [6.45, 7) is 1.07. The number of rotatable bonds is 6. The van der Waals surface area contributed by atoms with Gasteiger partial charge in [0.15, 0.2) is 0 Å². The fourth-order valence-electron chi connectivity index (χ4n) is 3.12. The molecular weight excluding hydrogens is 324 g/mol. The highest BCUT2D eigenvalue weighted by molar-refractivity contribution is 5.76. The van der Waals surface area contributed by atoms with E-state index in [1.165, 1.54) is 6.07 Å². The van der Waals surface area contributed by atoms with E-state index in [-0.39, 0.29) is 24.5 Å². The molecular formula is C18H22N2O5. The highest BCUT2D eigenvalue weighted by Gasteiger charge is 2.38. The van der Waals surface area contributed by atoms with Crippen molar-refractivity contribution in [1.82, 2.24) is 10.1 Å². The summed E-state index contributed by atoms with van der Waals surface area (Å²) in [6.07, 6.45) is 1.15. The molecule has 1 aliphatic heterocycles. The van der Waals surface area contributed by atoms with Crippen LogP contribution in [0.5, 0.6) is 0 Å². The fourth-order valence-corrected chi connectivity index (χ4v) is 3.12. The van der Waals surface area contributed by atoms with Crippen LogP contribution in [0.15, 0.2) is 45.7 Å². The zero-order valence-electron chi connectivity index (χ0n) is 13.9. The van der Waals surface area contributed by atoms with Crippen molar-refractivity contribution < 1.29 is 19.2 Å². The molecule has 7 heteroatoms. The normalized spacial score (nSPS) is 20.6. The van der Waals surface area contributed by atoms with Gasteiger partial charge in [0.1, 0.15) is 11.4 Å². The Morgan fingerprint density at radius 2 is 2.12 bits per heavy atom. The lowest BCUT2D eigenvalue weighted by Crippen LogP contribution is -2.56. The van der Waals surface area contributed by atoms with E-state index in [1.807, 2.05) is 30.3 Å². The van der Waals surface area contributed by atoms with Gasteiger partial charge in [-0.2, -0.15) is 5.16 Å². The molecule has 0 radical (unpaired) electrons. The minimum atomic E-state index is -0.782. The maximum Gasteiger partial charge on any atom is 0.280 e. The first-order valence-electron chi connectivity index (χ1n) is 8.34. The molecule has 0 bridgehead atoms. The second-order valence-electron chi connectivity index (χ2n) is 6.35. The number of carbonyl (C=O) groups excluding carboxylic acids is 1. The van der Waals surface area contributed by atoms with Gasteiger partial charge in [0.05, 0.1) is 19.8 Å². The van der Waals surface area contributed by atoms with E-state index in [2.05, 4.69) is 5.16 Å². The third kappa shape index (κ3) is 4.37. The van der Waals surface area contributed by atoms with Gasteiger partial charge in [0.2, 0.25) is 5.91 Å². The van der Waals surface area contributed by atoms with E-state index in [1.54, 1.807) is 4.90 Å². The molecule has 1 amide bonds. The molecule has 134 valence electrons. The van der Waals surface area contributed by atoms with Gasteiger partial charge in [-0.15, -0.1) is 0 Å². The topological polar surface area (TPSA) is 95.8 Å². The molecule has 0 saturated carbocycles. The summed E-state index contributed by atoms with van der Waals surface area (Å²) in [5.74, 6) is 0.419. The molecule has 0 aliphatic carbocycles. The van der Waals surface area contributed by atoms with Crippen molar-refractivity contribution in [1.29, 1.82) is 0 Å². The summed E-state index contributed by atoms with van der Waals surface area (Å²) >= 11 is 0. The zero-order chi connectivity index (χ0) is 17.7. The summed E-state index contributed by atoms with van der Waals surface area (Å²) in [7, 11) is 0. The van der Waals surface area contributed by atoms with Gasteiger partial charge < -0.3 is 19.3 Å². The molecule has 2 aromatic rings. The van der Waals surface area contributed by atoms with Crippen LogP contribution in [-0.4, -0.2) is 53.0 Å². The molecule has 1 fully saturated rings. The maximum absolute atomic E-state index is 12.5. The van der Waals surface area contributed by atoms with Gasteiger partial charge in [0, 0.05) is 31.9 Å². The standard InChI is InChI=1S/C18H22N2O5/c21-13-18(11-14-4-2-1-3-5-14)12-20(8-9-24-18)17(23)7-6-15-10-16(22)19-25-15/h1-5,10,21H,6-9,11-13H2,(H,19,22)/t18-/m1/s1. The van der Waals surface area contributed by atoms with Crippen LogP contribution in [0.1, 0.15) is 17.7 Å². The van der Waals surface area contributed by atoms with Crippen molar-refractivity contribution in [3.63, 3.8) is 0 Å². The van der Waals surface area contributed by atoms with Crippen LogP contribution in [0.2, 0.25) is 0 Å². The van der Waals surface area contributed by atoms with Crippen LogP contribution < -0.4 is 5.56 Å². The van der Waals surface area contributed by atoms with Crippen LogP contribution in [0.4, 0.5) is 0 Å². The molecule has 7 nitrogen and oxygen atoms in total. The van der Waals surface area contributed by atoms with E-state index < -0.39 is 5.60 Å². The quantitative estimate of drug-likeness (QED) is 0.804. The van der Waals surface area contributed by atoms with Crippen molar-refractivity contribution in [2.75, 3.05) is 26.3 Å². The molecule has 1 aromatic carbocycles. The van der Waals surface area contributed by atoms with Crippen LogP contribution >= 0.6 is 0 Å². The van der Waals surface area contributed by atoms with Crippen molar-refractivity contribution >= 4 is 5.91 Å². The first-order chi connectivity index (χ1) is 12.1. The Balaban J connectivity index is 1.62. The molecule has 0 spiro atoms. The Hall–Kier alpha value is -2.38. The predicted octanol–water partition coefficient (Wildman–Crippen LogP) is 0.733. The number of H-pyrrole nitrogens is 1. The first-order valence-corrected chi connectivity index (χ1v) is 8.34. The second-order valence-corrected chi connectivity index (χ2v) is 6.35. The number of aromatic nitrogens is 1. The van der Waals surface area contributed by atoms with Crippen molar-refractivity contribution in [3.05, 3.63) is 58.1 Å². The number of carbonyl (C=O) groups is 1. The summed E-state index contributed by atoms with van der Waals surface area (Å²) < 4.78 is 10.8. The number of aryl methyl sites for hydroxylation is 1. The summed E-state index contributed by atoms with van der Waals surface area (Å²) in [5.41, 5.74) is -0.0356. The maximum atomic E-state index is 12.5. The molecule has 1 atom stereocenters. The number of morpholine rings is 1. The van der Waals surface area contributed by atoms with Crippen molar-refractivity contribution in [3.8, 4) is 0 Å². The minimum absolute atomic E-state index is 0.0435. The zero-order valence-corrected chi connectivity index (χ0v) is 13.9. The molecule has 3 rings (SSSR count). The Morgan fingerprint density at radius 3 is 2.80 bits per heavy atom. The average Bonchev–Trinajstić information content (AvgIpc) is 3.06. The summed E-state index contributed by atoms with van der Waals surface area (Å²) in [5, 5.41) is 12.1. The van der Waals surface area contributed by atoms with Crippen LogP contribution in [0, 0.1) is 0 Å². The van der Waals surface area contributed by atoms with Gasteiger partial charge in [-0.05, 0) is 5.56 Å². The number of hydrogen-bond donors (Lipinski definition) is 2. The highest BCUT2D eigenvalue weighted by atomic mass is 16.5. The molecule has 2 N–H and O–H groups in total. The largest absolute Gasteiger partial charge is 0.393 e. The van der Waals surface area contributed by atoms with Crippen molar-refractivity contribution in [2.24, 2.45) is 0 Å². The molecule has 25 heavy (non-hydrogen) atoms. The van der Waals surface area contributed by atoms with Gasteiger partial charge >= 0.3 is 0 Å². The van der Waals surface area contributed by atoms with Gasteiger partial charge in [-0.25, -0.2) is 0 Å². The molecule has 1 aromatic heterocycles. The first kappa shape index (κ1) is 17.4. The second kappa shape index (κ2) is 7.67. The lowest BCUT2D eigenvalue weighted by molar-refractivity contribution is -0.158. The molecule has 2 heterocycles. The highest BCUT2D eigenvalue weighted by Crippen LogP contribution is 2.23. The molecule has 0 unspecified atom stereocenters. The van der Waals surface area contributed by atoms with Crippen LogP contribution in [0.25, 0.3) is 0 Å². The third-order valence-electron chi connectivity index (χ3n) is 4.42. The number of aromatic amines is 1. The van der Waals surface area contributed by atoms with Gasteiger partial charge in [0.25, 0.3) is 5.56 Å². The lowest BCUT2D eigenvalue weighted by atomic mass is 9.93. The SMILES string of the molecule is O=C(CCc1cc(=O)[nH]o1)N1CCO[C@](CO)(Cc2ccccc2)C1. The third-order valence-corrected chi connectivity index (χ3v) is 4.42. The molecule has 1 aliphatic rings. The number of aliphatic hydroxyl groups is 1. The average molecular weight is 346 g/mol. The number of nitrogens with one attached hydrogen (secondary N) is 1. The van der Waals surface area contributed by atoms with Crippen LogP contribution in [-0.2, 0) is 22.4 Å². The number of ether oxygens (including phenoxy) is 1. The van der Waals surface area contributed by atoms with Gasteiger partial charge in [-0.1, -0.05) is 30.3 Å². The van der Waals surface area contributed by atoms with E-state index in [4.69, 9.17) is 9.26 Å². The monoisotopic (exact) mass is 346 g/mol. The Labute approximate surface area is 145 Å². The number of aliphatic hydroxyl groups excluding tert-OH is 1. The summed E-state index contributed by atoms with van der Waals surface area (Å²) in [4.78, 5) is 25.3.